The largest absolute Gasteiger partial charge is 0.487 e. The van der Waals surface area contributed by atoms with Crippen LogP contribution >= 0.6 is 0 Å². The van der Waals surface area contributed by atoms with Gasteiger partial charge in [-0.05, 0) is 56.2 Å². The number of ether oxygens (including phenoxy) is 1. The quantitative estimate of drug-likeness (QED) is 0.549. The van der Waals surface area contributed by atoms with Crippen molar-refractivity contribution in [3.05, 3.63) is 94.8 Å². The summed E-state index contributed by atoms with van der Waals surface area (Å²) in [4.78, 5) is 13.1. The summed E-state index contributed by atoms with van der Waals surface area (Å²) in [6.07, 6.45) is 0.779. The maximum atomic E-state index is 14.7. The Morgan fingerprint density at radius 1 is 1.12 bits per heavy atom. The van der Waals surface area contributed by atoms with Gasteiger partial charge in [-0.15, -0.1) is 0 Å². The van der Waals surface area contributed by atoms with E-state index in [1.54, 1.807) is 12.1 Å². The summed E-state index contributed by atoms with van der Waals surface area (Å²) in [5.41, 5.74) is 4.71. The van der Waals surface area contributed by atoms with E-state index in [4.69, 9.17) is 4.74 Å². The third kappa shape index (κ3) is 4.21. The Kier molecular flexibility index (Phi) is 5.16. The Labute approximate surface area is 192 Å². The molecule has 0 radical (unpaired) electrons. The number of rotatable bonds is 3. The van der Waals surface area contributed by atoms with Crippen LogP contribution in [0.15, 0.2) is 71.8 Å². The van der Waals surface area contributed by atoms with Gasteiger partial charge in [0, 0.05) is 17.7 Å². The van der Waals surface area contributed by atoms with Gasteiger partial charge in [0.15, 0.2) is 0 Å². The van der Waals surface area contributed by atoms with Gasteiger partial charge in [-0.25, -0.2) is 14.2 Å². The molecule has 0 fully saturated rings. The van der Waals surface area contributed by atoms with Crippen molar-refractivity contribution in [2.24, 2.45) is 5.10 Å². The Morgan fingerprint density at radius 2 is 1.88 bits per heavy atom. The minimum absolute atomic E-state index is 0.250. The first kappa shape index (κ1) is 21.2. The second-order valence-corrected chi connectivity index (χ2v) is 9.30. The highest BCUT2D eigenvalue weighted by Crippen LogP contribution is 2.36. The second kappa shape index (κ2) is 8.03. The predicted octanol–water partition coefficient (Wildman–Crippen LogP) is 5.88. The number of hydrogen-bond acceptors (Lipinski definition) is 3. The van der Waals surface area contributed by atoms with Crippen LogP contribution in [0.4, 0.5) is 14.9 Å². The third-order valence-electron chi connectivity index (χ3n) is 6.09. The van der Waals surface area contributed by atoms with Gasteiger partial charge in [0.05, 0.1) is 18.2 Å². The van der Waals surface area contributed by atoms with E-state index in [1.165, 1.54) is 11.1 Å². The number of carbonyl (C=O) groups excluding carboxylic acids is 1. The first-order chi connectivity index (χ1) is 15.8. The smallest absolute Gasteiger partial charge is 0.342 e. The third-order valence-corrected chi connectivity index (χ3v) is 6.09. The number of hydrazone groups is 1. The van der Waals surface area contributed by atoms with E-state index in [-0.39, 0.29) is 29.9 Å². The van der Waals surface area contributed by atoms with E-state index < -0.39 is 0 Å². The molecule has 6 heteroatoms. The SMILES string of the molecule is Cc1ccc(C2=NN(C(=O)Nc3ccc4c(c3)CC(C)(C)O4)CC2c2ccccc2F)cc1. The minimum Gasteiger partial charge on any atom is -0.487 e. The molecule has 1 unspecified atom stereocenters. The van der Waals surface area contributed by atoms with Crippen molar-refractivity contribution in [1.82, 2.24) is 5.01 Å². The average molecular weight is 444 g/mol. The minimum atomic E-state index is -0.353. The lowest BCUT2D eigenvalue weighted by Gasteiger charge is -2.17. The molecule has 2 amide bonds. The number of anilines is 1. The van der Waals surface area contributed by atoms with Crippen LogP contribution in [0.1, 0.15) is 42.0 Å². The zero-order valence-electron chi connectivity index (χ0n) is 18.9. The molecule has 0 aromatic heterocycles. The van der Waals surface area contributed by atoms with Crippen LogP contribution in [0.5, 0.6) is 5.75 Å². The Hall–Kier alpha value is -3.67. The molecule has 168 valence electrons. The summed E-state index contributed by atoms with van der Waals surface area (Å²) in [6.45, 7) is 6.35. The first-order valence-electron chi connectivity index (χ1n) is 11.1. The van der Waals surface area contributed by atoms with Crippen molar-refractivity contribution in [2.45, 2.75) is 38.7 Å². The summed E-state index contributed by atoms with van der Waals surface area (Å²) in [5.74, 6) is 0.193. The molecule has 3 aromatic rings. The maximum absolute atomic E-state index is 14.7. The molecule has 0 spiro atoms. The zero-order chi connectivity index (χ0) is 23.2. The standard InChI is InChI=1S/C27H26FN3O2/c1-17-8-10-18(11-9-17)25-22(21-6-4-5-7-23(21)28)16-31(30-25)26(32)29-20-12-13-24-19(14-20)15-27(2,3)33-24/h4-14,22H,15-16H2,1-3H3,(H,29,32). The van der Waals surface area contributed by atoms with E-state index >= 15 is 0 Å². The summed E-state index contributed by atoms with van der Waals surface area (Å²) in [5, 5.41) is 8.95. The number of nitrogens with one attached hydrogen (secondary N) is 1. The molecule has 0 aliphatic carbocycles. The molecule has 3 aromatic carbocycles. The van der Waals surface area contributed by atoms with Crippen molar-refractivity contribution in [3.8, 4) is 5.75 Å². The molecule has 2 heterocycles. The van der Waals surface area contributed by atoms with Crippen molar-refractivity contribution in [2.75, 3.05) is 11.9 Å². The van der Waals surface area contributed by atoms with Gasteiger partial charge in [0.25, 0.3) is 0 Å². The highest BCUT2D eigenvalue weighted by molar-refractivity contribution is 6.07. The van der Waals surface area contributed by atoms with Crippen LogP contribution in [0.25, 0.3) is 0 Å². The van der Waals surface area contributed by atoms with Crippen molar-refractivity contribution in [3.63, 3.8) is 0 Å². The fraction of sp³-hybridized carbons (Fsp3) is 0.259. The zero-order valence-corrected chi connectivity index (χ0v) is 18.9. The number of aryl methyl sites for hydroxylation is 1. The Morgan fingerprint density at radius 3 is 2.64 bits per heavy atom. The monoisotopic (exact) mass is 443 g/mol. The van der Waals surface area contributed by atoms with Crippen LogP contribution in [-0.2, 0) is 6.42 Å². The van der Waals surface area contributed by atoms with Crippen LogP contribution in [0.2, 0.25) is 0 Å². The molecule has 5 nitrogen and oxygen atoms in total. The van der Waals surface area contributed by atoms with Crippen LogP contribution in [-0.4, -0.2) is 28.9 Å². The highest BCUT2D eigenvalue weighted by atomic mass is 19.1. The molecule has 1 atom stereocenters. The van der Waals surface area contributed by atoms with E-state index in [2.05, 4.69) is 10.4 Å². The molecular formula is C27H26FN3O2. The van der Waals surface area contributed by atoms with Gasteiger partial charge < -0.3 is 10.1 Å². The lowest BCUT2D eigenvalue weighted by atomic mass is 9.90. The summed E-state index contributed by atoms with van der Waals surface area (Å²) in [7, 11) is 0. The van der Waals surface area contributed by atoms with Gasteiger partial charge in [-0.3, -0.25) is 0 Å². The Balaban J connectivity index is 1.42. The molecule has 2 aliphatic rings. The first-order valence-corrected chi connectivity index (χ1v) is 11.1. The molecule has 33 heavy (non-hydrogen) atoms. The average Bonchev–Trinajstić information content (AvgIpc) is 3.34. The number of fused-ring (bicyclic) bond motifs is 1. The number of amides is 2. The molecule has 5 rings (SSSR count). The predicted molar refractivity (Wildman–Crippen MR) is 127 cm³/mol. The number of urea groups is 1. The van der Waals surface area contributed by atoms with Crippen molar-refractivity contribution >= 4 is 17.4 Å². The fourth-order valence-corrected chi connectivity index (χ4v) is 4.49. The van der Waals surface area contributed by atoms with Crippen molar-refractivity contribution in [1.29, 1.82) is 0 Å². The molecule has 0 saturated heterocycles. The lowest BCUT2D eigenvalue weighted by Crippen LogP contribution is -2.30. The lowest BCUT2D eigenvalue weighted by molar-refractivity contribution is 0.138. The van der Waals surface area contributed by atoms with Gasteiger partial charge in [-0.1, -0.05) is 48.0 Å². The number of nitrogens with zero attached hydrogens (tertiary/aromatic N) is 2. The molecule has 1 N–H and O–H groups in total. The van der Waals surface area contributed by atoms with Gasteiger partial charge in [0.1, 0.15) is 17.2 Å². The Bertz CT molecular complexity index is 1250. The van der Waals surface area contributed by atoms with E-state index in [1.807, 2.05) is 69.3 Å². The van der Waals surface area contributed by atoms with E-state index in [0.717, 1.165) is 28.9 Å². The molecule has 0 saturated carbocycles. The van der Waals surface area contributed by atoms with Crippen LogP contribution in [0, 0.1) is 12.7 Å². The fourth-order valence-electron chi connectivity index (χ4n) is 4.49. The van der Waals surface area contributed by atoms with Crippen LogP contribution < -0.4 is 10.1 Å². The number of carbonyl (C=O) groups is 1. The van der Waals surface area contributed by atoms with E-state index in [0.29, 0.717) is 17.0 Å². The molecule has 2 aliphatic heterocycles. The number of halogens is 1. The highest BCUT2D eigenvalue weighted by Gasteiger charge is 2.34. The number of hydrogen-bond donors (Lipinski definition) is 1. The van der Waals surface area contributed by atoms with Gasteiger partial charge >= 0.3 is 6.03 Å². The van der Waals surface area contributed by atoms with Crippen LogP contribution in [0.3, 0.4) is 0 Å². The summed E-state index contributed by atoms with van der Waals surface area (Å²) >= 11 is 0. The molecule has 0 bridgehead atoms. The number of benzene rings is 3. The summed E-state index contributed by atoms with van der Waals surface area (Å²) < 4.78 is 20.6. The van der Waals surface area contributed by atoms with E-state index in [9.17, 15) is 9.18 Å². The second-order valence-electron chi connectivity index (χ2n) is 9.30. The van der Waals surface area contributed by atoms with Crippen molar-refractivity contribution < 1.29 is 13.9 Å². The molecular weight excluding hydrogens is 417 g/mol. The summed E-state index contributed by atoms with van der Waals surface area (Å²) in [6, 6.07) is 19.9. The van der Waals surface area contributed by atoms with Gasteiger partial charge in [-0.2, -0.15) is 5.10 Å². The van der Waals surface area contributed by atoms with Gasteiger partial charge in [0.2, 0.25) is 0 Å². The normalized spacial score (nSPS) is 18.5. The maximum Gasteiger partial charge on any atom is 0.342 e. The topological polar surface area (TPSA) is 53.9 Å².